The molecule has 0 spiro atoms. The molecule has 32 heavy (non-hydrogen) atoms. The van der Waals surface area contributed by atoms with Gasteiger partial charge >= 0.3 is 16.2 Å². The van der Waals surface area contributed by atoms with Gasteiger partial charge in [-0.25, -0.2) is 13.2 Å². The van der Waals surface area contributed by atoms with Crippen LogP contribution in [0.3, 0.4) is 0 Å². The molecule has 0 saturated heterocycles. The quantitative estimate of drug-likeness (QED) is 0.507. The van der Waals surface area contributed by atoms with Crippen molar-refractivity contribution in [3.63, 3.8) is 0 Å². The van der Waals surface area contributed by atoms with E-state index in [2.05, 4.69) is 10.1 Å². The molecule has 0 amide bonds. The lowest BCUT2D eigenvalue weighted by Gasteiger charge is -2.13. The highest BCUT2D eigenvalue weighted by Gasteiger charge is 2.36. The zero-order chi connectivity index (χ0) is 23.6. The summed E-state index contributed by atoms with van der Waals surface area (Å²) in [5, 5.41) is 14.3. The molecule has 10 nitrogen and oxygen atoms in total. The Hall–Kier alpha value is -2.41. The summed E-state index contributed by atoms with van der Waals surface area (Å²) in [4.78, 5) is 14.9. The Bertz CT molecular complexity index is 1470. The van der Waals surface area contributed by atoms with Crippen molar-refractivity contribution in [1.29, 1.82) is 0 Å². The van der Waals surface area contributed by atoms with Gasteiger partial charge in [0.05, 0.1) is 17.0 Å². The fraction of sp³-hybridized carbons (Fsp3) is 0.368. The van der Waals surface area contributed by atoms with Crippen LogP contribution in [0.2, 0.25) is 5.02 Å². The van der Waals surface area contributed by atoms with Gasteiger partial charge in [-0.1, -0.05) is 23.7 Å². The minimum atomic E-state index is -4.06. The van der Waals surface area contributed by atoms with Crippen LogP contribution >= 0.6 is 11.6 Å². The predicted octanol–water partition coefficient (Wildman–Crippen LogP) is 2.46. The van der Waals surface area contributed by atoms with Gasteiger partial charge in [0, 0.05) is 36.9 Å². The Kier molecular flexibility index (Phi) is 5.39. The van der Waals surface area contributed by atoms with Crippen LogP contribution in [0.25, 0.3) is 22.2 Å². The molecular weight excluding hydrogens is 480 g/mol. The molecule has 172 valence electrons. The highest BCUT2D eigenvalue weighted by molar-refractivity contribution is 7.89. The van der Waals surface area contributed by atoms with E-state index in [0.29, 0.717) is 22.3 Å². The van der Waals surface area contributed by atoms with Crippen molar-refractivity contribution < 1.29 is 26.7 Å². The maximum absolute atomic E-state index is 13.0. The Morgan fingerprint density at radius 2 is 1.94 bits per heavy atom. The maximum Gasteiger partial charge on any atom is 0.353 e. The number of carboxylic acids is 1. The number of rotatable bonds is 7. The monoisotopic (exact) mass is 500 g/mol. The summed E-state index contributed by atoms with van der Waals surface area (Å²) in [5.74, 6) is -1.51. The van der Waals surface area contributed by atoms with Gasteiger partial charge in [-0.2, -0.15) is 17.8 Å². The number of fused-ring (bicyclic) bond motifs is 1. The van der Waals surface area contributed by atoms with Crippen molar-refractivity contribution in [3.8, 4) is 11.1 Å². The van der Waals surface area contributed by atoms with E-state index in [4.69, 9.17) is 11.6 Å². The third kappa shape index (κ3) is 3.91. The predicted molar refractivity (Wildman–Crippen MR) is 120 cm³/mol. The summed E-state index contributed by atoms with van der Waals surface area (Å²) >= 11 is 6.31. The highest BCUT2D eigenvalue weighted by Crippen LogP contribution is 2.45. The number of aromatic carboxylic acids is 1. The van der Waals surface area contributed by atoms with Crippen LogP contribution in [0.4, 0.5) is 0 Å². The third-order valence-electron chi connectivity index (χ3n) is 5.24. The molecule has 0 atom stereocenters. The molecule has 2 N–H and O–H groups in total. The van der Waals surface area contributed by atoms with Crippen LogP contribution in [-0.2, 0) is 25.8 Å². The summed E-state index contributed by atoms with van der Waals surface area (Å²) in [5.41, 5.74) is 1.56. The maximum atomic E-state index is 13.0. The fourth-order valence-electron chi connectivity index (χ4n) is 3.57. The SMILES string of the molecule is CN(C)S(=O)(=O)n1nc(C2CC2)c2[nH]c(C(=O)O)c(-c3ccc(CS(C)(=O)=O)c(Cl)c3)c21. The highest BCUT2D eigenvalue weighted by atomic mass is 35.5. The summed E-state index contributed by atoms with van der Waals surface area (Å²) < 4.78 is 51.2. The third-order valence-corrected chi connectivity index (χ3v) is 8.05. The first-order chi connectivity index (χ1) is 14.8. The van der Waals surface area contributed by atoms with Crippen molar-refractivity contribution in [3.05, 3.63) is 40.2 Å². The standard InChI is InChI=1S/C19H21ClN4O6S2/c1-23(2)32(29,30)24-18-14(11-6-7-12(13(20)8-11)9-31(3,27)28)16(19(25)26)21-17(18)15(22-24)10-4-5-10/h6-8,10,21H,4-5,9H2,1-3H3,(H,25,26). The second-order valence-electron chi connectivity index (χ2n) is 8.07. The lowest BCUT2D eigenvalue weighted by atomic mass is 10.0. The number of H-pyrrole nitrogens is 1. The van der Waals surface area contributed by atoms with E-state index in [-0.39, 0.29) is 33.5 Å². The van der Waals surface area contributed by atoms with E-state index >= 15 is 0 Å². The second-order valence-corrected chi connectivity index (χ2v) is 12.6. The minimum Gasteiger partial charge on any atom is -0.477 e. The van der Waals surface area contributed by atoms with Gasteiger partial charge in [-0.15, -0.1) is 4.09 Å². The molecule has 1 fully saturated rings. The van der Waals surface area contributed by atoms with Crippen molar-refractivity contribution in [2.45, 2.75) is 24.5 Å². The summed E-state index contributed by atoms with van der Waals surface area (Å²) in [6.07, 6.45) is 2.74. The molecule has 3 aromatic rings. The van der Waals surface area contributed by atoms with E-state index in [1.165, 1.54) is 32.3 Å². The van der Waals surface area contributed by atoms with Crippen LogP contribution in [0.5, 0.6) is 0 Å². The smallest absolute Gasteiger partial charge is 0.353 e. The second kappa shape index (κ2) is 7.58. The molecule has 2 heterocycles. The number of nitrogens with zero attached hydrogens (tertiary/aromatic N) is 3. The lowest BCUT2D eigenvalue weighted by Crippen LogP contribution is -2.29. The Balaban J connectivity index is 2.03. The van der Waals surface area contributed by atoms with Crippen LogP contribution < -0.4 is 0 Å². The largest absolute Gasteiger partial charge is 0.477 e. The average molecular weight is 501 g/mol. The molecule has 1 saturated carbocycles. The van der Waals surface area contributed by atoms with Gasteiger partial charge in [0.1, 0.15) is 11.2 Å². The Labute approximate surface area is 189 Å². The number of benzene rings is 1. The topological polar surface area (TPSA) is 142 Å². The first kappa shape index (κ1) is 22.8. The molecular formula is C19H21ClN4O6S2. The van der Waals surface area contributed by atoms with Gasteiger partial charge < -0.3 is 10.1 Å². The lowest BCUT2D eigenvalue weighted by molar-refractivity contribution is 0.0692. The number of hydrogen-bond acceptors (Lipinski definition) is 6. The Morgan fingerprint density at radius 3 is 2.44 bits per heavy atom. The van der Waals surface area contributed by atoms with E-state index in [9.17, 15) is 26.7 Å². The van der Waals surface area contributed by atoms with Gasteiger partial charge in [0.2, 0.25) is 0 Å². The summed E-state index contributed by atoms with van der Waals surface area (Å²) in [6.45, 7) is 0. The van der Waals surface area contributed by atoms with E-state index < -0.39 is 26.0 Å². The molecule has 4 rings (SSSR count). The Morgan fingerprint density at radius 1 is 1.28 bits per heavy atom. The molecule has 0 bridgehead atoms. The van der Waals surface area contributed by atoms with E-state index in [0.717, 1.165) is 27.5 Å². The average Bonchev–Trinajstić information content (AvgIpc) is 3.32. The number of carbonyl (C=O) groups is 1. The molecule has 2 aromatic heterocycles. The van der Waals surface area contributed by atoms with E-state index in [1.807, 2.05) is 0 Å². The zero-order valence-electron chi connectivity index (χ0n) is 17.5. The molecule has 0 unspecified atom stereocenters. The molecule has 1 aliphatic carbocycles. The summed E-state index contributed by atoms with van der Waals surface area (Å²) in [6, 6.07) is 4.46. The number of nitrogens with one attached hydrogen (secondary N) is 1. The van der Waals surface area contributed by atoms with Crippen LogP contribution in [0.15, 0.2) is 18.2 Å². The normalized spacial score (nSPS) is 15.0. The first-order valence-electron chi connectivity index (χ1n) is 9.58. The van der Waals surface area contributed by atoms with Crippen molar-refractivity contribution >= 4 is 48.7 Å². The van der Waals surface area contributed by atoms with Crippen LogP contribution in [0, 0.1) is 0 Å². The molecule has 0 aliphatic heterocycles. The minimum absolute atomic E-state index is 0.0463. The summed E-state index contributed by atoms with van der Waals surface area (Å²) in [7, 11) is -4.68. The number of aromatic amines is 1. The molecule has 1 aromatic carbocycles. The first-order valence-corrected chi connectivity index (χ1v) is 13.4. The number of halogens is 1. The number of sulfone groups is 1. The zero-order valence-corrected chi connectivity index (χ0v) is 19.8. The molecule has 0 radical (unpaired) electrons. The van der Waals surface area contributed by atoms with Crippen molar-refractivity contribution in [2.75, 3.05) is 20.4 Å². The van der Waals surface area contributed by atoms with Crippen molar-refractivity contribution in [2.24, 2.45) is 0 Å². The fourth-order valence-corrected chi connectivity index (χ4v) is 5.63. The molecule has 13 heteroatoms. The van der Waals surface area contributed by atoms with E-state index in [1.54, 1.807) is 0 Å². The van der Waals surface area contributed by atoms with Crippen LogP contribution in [-0.4, -0.2) is 66.7 Å². The van der Waals surface area contributed by atoms with Gasteiger partial charge in [-0.3, -0.25) is 0 Å². The van der Waals surface area contributed by atoms with Gasteiger partial charge in [0.25, 0.3) is 0 Å². The van der Waals surface area contributed by atoms with Crippen molar-refractivity contribution in [1.82, 2.24) is 18.5 Å². The number of aromatic nitrogens is 3. The number of carboxylic acid groups (broad SMARTS) is 1. The van der Waals surface area contributed by atoms with Gasteiger partial charge in [-0.05, 0) is 30.0 Å². The van der Waals surface area contributed by atoms with Crippen LogP contribution in [0.1, 0.15) is 40.5 Å². The van der Waals surface area contributed by atoms with Gasteiger partial charge in [0.15, 0.2) is 9.84 Å². The number of hydrogen-bond donors (Lipinski definition) is 2. The molecule has 1 aliphatic rings.